The number of aliphatic carboxylic acids is 1. The lowest BCUT2D eigenvalue weighted by Gasteiger charge is -2.09. The molecule has 0 aromatic heterocycles. The third kappa shape index (κ3) is 5.47. The number of rotatable bonds is 7. The van der Waals surface area contributed by atoms with Gasteiger partial charge >= 0.3 is 5.97 Å². The number of ether oxygens (including phenoxy) is 1. The van der Waals surface area contributed by atoms with E-state index in [1.165, 1.54) is 0 Å². The summed E-state index contributed by atoms with van der Waals surface area (Å²) in [4.78, 5) is 22.5. The molecular weight excluding hydrogens is 294 g/mol. The van der Waals surface area contributed by atoms with E-state index in [2.05, 4.69) is 12.2 Å². The third-order valence-corrected chi connectivity index (χ3v) is 3.27. The van der Waals surface area contributed by atoms with E-state index in [4.69, 9.17) is 9.84 Å². The van der Waals surface area contributed by atoms with E-state index in [9.17, 15) is 9.59 Å². The monoisotopic (exact) mass is 313 g/mol. The van der Waals surface area contributed by atoms with E-state index in [1.807, 2.05) is 24.3 Å². The Morgan fingerprint density at radius 2 is 1.83 bits per heavy atom. The molecule has 0 heterocycles. The first-order valence-corrected chi connectivity index (χ1v) is 7.39. The van der Waals surface area contributed by atoms with Crippen LogP contribution in [0.1, 0.15) is 18.1 Å². The van der Waals surface area contributed by atoms with Crippen LogP contribution < -0.4 is 10.1 Å². The van der Waals surface area contributed by atoms with Crippen molar-refractivity contribution in [3.63, 3.8) is 0 Å². The zero-order valence-corrected chi connectivity index (χ0v) is 12.9. The summed E-state index contributed by atoms with van der Waals surface area (Å²) in [7, 11) is 0. The number of amides is 1. The lowest BCUT2D eigenvalue weighted by molar-refractivity contribution is -0.136. The fraction of sp³-hybridized carbons (Fsp3) is 0.222. The van der Waals surface area contributed by atoms with Crippen LogP contribution in [0.5, 0.6) is 5.75 Å². The van der Waals surface area contributed by atoms with Crippen LogP contribution in [-0.2, 0) is 22.4 Å². The van der Waals surface area contributed by atoms with E-state index in [0.29, 0.717) is 17.0 Å². The van der Waals surface area contributed by atoms with Crippen molar-refractivity contribution in [1.29, 1.82) is 0 Å². The minimum atomic E-state index is -0.885. The number of hydrogen-bond acceptors (Lipinski definition) is 3. The van der Waals surface area contributed by atoms with Crippen molar-refractivity contribution in [1.82, 2.24) is 0 Å². The van der Waals surface area contributed by atoms with Crippen LogP contribution in [0.2, 0.25) is 0 Å². The number of carbonyl (C=O) groups excluding carboxylic acids is 1. The number of anilines is 1. The normalized spacial score (nSPS) is 10.1. The highest BCUT2D eigenvalue weighted by Crippen LogP contribution is 2.14. The number of carbonyl (C=O) groups is 2. The fourth-order valence-corrected chi connectivity index (χ4v) is 2.08. The predicted molar refractivity (Wildman–Crippen MR) is 87.7 cm³/mol. The minimum absolute atomic E-state index is 0.0366. The highest BCUT2D eigenvalue weighted by Gasteiger charge is 2.05. The average molecular weight is 313 g/mol. The first-order chi connectivity index (χ1) is 11.1. The molecule has 0 fully saturated rings. The molecule has 2 aromatic carbocycles. The van der Waals surface area contributed by atoms with Gasteiger partial charge in [0.25, 0.3) is 5.91 Å². The predicted octanol–water partition coefficient (Wildman–Crippen LogP) is 2.89. The molecule has 0 atom stereocenters. The van der Waals surface area contributed by atoms with Crippen LogP contribution in [-0.4, -0.2) is 23.6 Å². The second-order valence-corrected chi connectivity index (χ2v) is 5.11. The van der Waals surface area contributed by atoms with Gasteiger partial charge in [-0.1, -0.05) is 31.2 Å². The topological polar surface area (TPSA) is 75.6 Å². The molecule has 23 heavy (non-hydrogen) atoms. The molecule has 0 aliphatic heterocycles. The maximum atomic E-state index is 11.9. The second-order valence-electron chi connectivity index (χ2n) is 5.11. The Morgan fingerprint density at radius 3 is 2.48 bits per heavy atom. The minimum Gasteiger partial charge on any atom is -0.484 e. The van der Waals surface area contributed by atoms with Crippen LogP contribution in [0.3, 0.4) is 0 Å². The zero-order chi connectivity index (χ0) is 16.7. The molecule has 120 valence electrons. The van der Waals surface area contributed by atoms with Gasteiger partial charge in [0.05, 0.1) is 6.42 Å². The summed E-state index contributed by atoms with van der Waals surface area (Å²) in [5, 5.41) is 11.4. The molecule has 0 aliphatic rings. The van der Waals surface area contributed by atoms with Gasteiger partial charge in [-0.05, 0) is 41.8 Å². The number of carboxylic acids is 1. The molecule has 2 rings (SSSR count). The van der Waals surface area contributed by atoms with Gasteiger partial charge in [0.15, 0.2) is 6.61 Å². The SMILES string of the molecule is CCc1cccc(OCC(=O)Nc2ccc(CC(=O)O)cc2)c1. The molecule has 1 amide bonds. The number of aryl methyl sites for hydroxylation is 1. The number of hydrogen-bond donors (Lipinski definition) is 2. The molecular formula is C18H19NO4. The lowest BCUT2D eigenvalue weighted by Crippen LogP contribution is -2.20. The molecule has 2 N–H and O–H groups in total. The van der Waals surface area contributed by atoms with Crippen molar-refractivity contribution in [3.8, 4) is 5.75 Å². The molecule has 0 saturated carbocycles. The van der Waals surface area contributed by atoms with Gasteiger partial charge in [-0.25, -0.2) is 0 Å². The quantitative estimate of drug-likeness (QED) is 0.824. The molecule has 0 saturated heterocycles. The van der Waals surface area contributed by atoms with Crippen molar-refractivity contribution in [2.45, 2.75) is 19.8 Å². The summed E-state index contributed by atoms with van der Waals surface area (Å²) in [6.07, 6.45) is 0.872. The van der Waals surface area contributed by atoms with Crippen LogP contribution in [0, 0.1) is 0 Å². The van der Waals surface area contributed by atoms with Crippen LogP contribution in [0.15, 0.2) is 48.5 Å². The van der Waals surface area contributed by atoms with Crippen molar-refractivity contribution in [2.24, 2.45) is 0 Å². The Balaban J connectivity index is 1.85. The highest BCUT2D eigenvalue weighted by molar-refractivity contribution is 5.91. The molecule has 5 heteroatoms. The fourth-order valence-electron chi connectivity index (χ4n) is 2.08. The van der Waals surface area contributed by atoms with E-state index >= 15 is 0 Å². The summed E-state index contributed by atoms with van der Waals surface area (Å²) in [6, 6.07) is 14.3. The third-order valence-electron chi connectivity index (χ3n) is 3.27. The molecule has 2 aromatic rings. The van der Waals surface area contributed by atoms with E-state index in [1.54, 1.807) is 24.3 Å². The molecule has 0 aliphatic carbocycles. The molecule has 0 unspecified atom stereocenters. The van der Waals surface area contributed by atoms with Crippen molar-refractivity contribution < 1.29 is 19.4 Å². The van der Waals surface area contributed by atoms with E-state index in [-0.39, 0.29) is 18.9 Å². The lowest BCUT2D eigenvalue weighted by atomic mass is 10.1. The number of benzene rings is 2. The van der Waals surface area contributed by atoms with Gasteiger partial charge in [-0.3, -0.25) is 9.59 Å². The molecule has 0 spiro atoms. The van der Waals surface area contributed by atoms with E-state index < -0.39 is 5.97 Å². The van der Waals surface area contributed by atoms with Gasteiger partial charge in [-0.2, -0.15) is 0 Å². The number of nitrogens with one attached hydrogen (secondary N) is 1. The standard InChI is InChI=1S/C18H19NO4/c1-2-13-4-3-5-16(10-13)23-12-17(20)19-15-8-6-14(7-9-15)11-18(21)22/h3-10H,2,11-12H2,1H3,(H,19,20)(H,21,22). The molecule has 0 bridgehead atoms. The summed E-state index contributed by atoms with van der Waals surface area (Å²) in [5.41, 5.74) is 2.44. The van der Waals surface area contributed by atoms with Gasteiger partial charge in [0.2, 0.25) is 0 Å². The Morgan fingerprint density at radius 1 is 1.09 bits per heavy atom. The Labute approximate surface area is 134 Å². The van der Waals surface area contributed by atoms with Gasteiger partial charge in [0, 0.05) is 5.69 Å². The maximum Gasteiger partial charge on any atom is 0.307 e. The van der Waals surface area contributed by atoms with Crippen LogP contribution in [0.25, 0.3) is 0 Å². The smallest absolute Gasteiger partial charge is 0.307 e. The first-order valence-electron chi connectivity index (χ1n) is 7.39. The average Bonchev–Trinajstić information content (AvgIpc) is 2.54. The zero-order valence-electron chi connectivity index (χ0n) is 12.9. The Kier molecular flexibility index (Phi) is 5.74. The summed E-state index contributed by atoms with van der Waals surface area (Å²) in [6.45, 7) is 1.98. The first kappa shape index (κ1) is 16.5. The van der Waals surface area contributed by atoms with Crippen LogP contribution in [0.4, 0.5) is 5.69 Å². The van der Waals surface area contributed by atoms with Crippen LogP contribution >= 0.6 is 0 Å². The highest BCUT2D eigenvalue weighted by atomic mass is 16.5. The molecule has 0 radical (unpaired) electrons. The maximum absolute atomic E-state index is 11.9. The Bertz CT molecular complexity index is 680. The number of carboxylic acid groups (broad SMARTS) is 1. The summed E-state index contributed by atoms with van der Waals surface area (Å²) >= 11 is 0. The molecule has 5 nitrogen and oxygen atoms in total. The van der Waals surface area contributed by atoms with Gasteiger partial charge in [0.1, 0.15) is 5.75 Å². The van der Waals surface area contributed by atoms with Crippen molar-refractivity contribution in [2.75, 3.05) is 11.9 Å². The second kappa shape index (κ2) is 7.98. The van der Waals surface area contributed by atoms with Gasteiger partial charge < -0.3 is 15.2 Å². The van der Waals surface area contributed by atoms with Crippen molar-refractivity contribution >= 4 is 17.6 Å². The summed E-state index contributed by atoms with van der Waals surface area (Å²) < 4.78 is 5.47. The Hall–Kier alpha value is -2.82. The largest absolute Gasteiger partial charge is 0.484 e. The summed E-state index contributed by atoms with van der Waals surface area (Å²) in [5.74, 6) is -0.487. The van der Waals surface area contributed by atoms with E-state index in [0.717, 1.165) is 12.0 Å². The van der Waals surface area contributed by atoms with Crippen molar-refractivity contribution in [3.05, 3.63) is 59.7 Å². The van der Waals surface area contributed by atoms with Gasteiger partial charge in [-0.15, -0.1) is 0 Å².